The molecular formula is C25H25BrO5. The van der Waals surface area contributed by atoms with Gasteiger partial charge in [0, 0.05) is 21.5 Å². The fraction of sp³-hybridized carbons (Fsp3) is 0.400. The highest BCUT2D eigenvalue weighted by atomic mass is 79.9. The predicted molar refractivity (Wildman–Crippen MR) is 119 cm³/mol. The van der Waals surface area contributed by atoms with E-state index in [1.807, 2.05) is 25.1 Å². The monoisotopic (exact) mass is 484 g/mol. The summed E-state index contributed by atoms with van der Waals surface area (Å²) in [6, 6.07) is 12.7. The largest absolute Gasteiger partial charge is 0.468 e. The first-order valence-electron chi connectivity index (χ1n) is 10.3. The van der Waals surface area contributed by atoms with Crippen LogP contribution in [0.2, 0.25) is 0 Å². The molecule has 2 aromatic carbocycles. The summed E-state index contributed by atoms with van der Waals surface area (Å²) in [4.78, 5) is 40.2. The molecule has 0 radical (unpaired) electrons. The maximum absolute atomic E-state index is 13.9. The SMILES string of the molecule is CCC1(C(=O)c2ccc(C(C)(C)C)cc2)C2c3cc(Br)ccc3OC(=O)C21C(=O)OC. The van der Waals surface area contributed by atoms with Gasteiger partial charge in [-0.25, -0.2) is 0 Å². The minimum Gasteiger partial charge on any atom is -0.468 e. The van der Waals surface area contributed by atoms with Crippen molar-refractivity contribution in [2.45, 2.75) is 45.4 Å². The molecule has 3 atom stereocenters. The number of halogens is 1. The van der Waals surface area contributed by atoms with Gasteiger partial charge in [0.1, 0.15) is 5.75 Å². The topological polar surface area (TPSA) is 69.7 Å². The van der Waals surface area contributed by atoms with Crippen LogP contribution in [-0.2, 0) is 19.7 Å². The summed E-state index contributed by atoms with van der Waals surface area (Å²) in [5, 5.41) is 0. The lowest BCUT2D eigenvalue weighted by Crippen LogP contribution is -2.40. The van der Waals surface area contributed by atoms with Crippen molar-refractivity contribution in [3.05, 3.63) is 63.6 Å². The zero-order valence-electron chi connectivity index (χ0n) is 18.2. The van der Waals surface area contributed by atoms with Gasteiger partial charge in [0.2, 0.25) is 0 Å². The molecule has 31 heavy (non-hydrogen) atoms. The molecule has 0 amide bonds. The number of hydrogen-bond acceptors (Lipinski definition) is 5. The molecule has 0 N–H and O–H groups in total. The first-order chi connectivity index (χ1) is 14.5. The van der Waals surface area contributed by atoms with Gasteiger partial charge in [-0.3, -0.25) is 14.4 Å². The number of rotatable bonds is 4. The molecule has 1 heterocycles. The molecule has 0 spiro atoms. The highest BCUT2D eigenvalue weighted by Gasteiger charge is 2.90. The highest BCUT2D eigenvalue weighted by molar-refractivity contribution is 9.10. The number of ether oxygens (including phenoxy) is 2. The number of carbonyl (C=O) groups is 3. The van der Waals surface area contributed by atoms with Crippen molar-refractivity contribution >= 4 is 33.7 Å². The highest BCUT2D eigenvalue weighted by Crippen LogP contribution is 2.80. The molecule has 2 aliphatic rings. The third-order valence-corrected chi connectivity index (χ3v) is 7.33. The van der Waals surface area contributed by atoms with E-state index in [2.05, 4.69) is 36.7 Å². The first-order valence-corrected chi connectivity index (χ1v) is 11.1. The van der Waals surface area contributed by atoms with Crippen LogP contribution in [0, 0.1) is 10.8 Å². The minimum absolute atomic E-state index is 0.0557. The van der Waals surface area contributed by atoms with Gasteiger partial charge in [0.05, 0.1) is 12.5 Å². The fourth-order valence-electron chi connectivity index (χ4n) is 5.23. The van der Waals surface area contributed by atoms with Crippen LogP contribution in [0.4, 0.5) is 0 Å². The number of esters is 2. The van der Waals surface area contributed by atoms with Crippen LogP contribution >= 0.6 is 15.9 Å². The van der Waals surface area contributed by atoms with Gasteiger partial charge >= 0.3 is 11.9 Å². The summed E-state index contributed by atoms with van der Waals surface area (Å²) in [5.74, 6) is -1.95. The summed E-state index contributed by atoms with van der Waals surface area (Å²) in [5.41, 5.74) is -0.756. The maximum Gasteiger partial charge on any atom is 0.330 e. The van der Waals surface area contributed by atoms with E-state index in [9.17, 15) is 14.4 Å². The van der Waals surface area contributed by atoms with Crippen LogP contribution in [0.25, 0.3) is 0 Å². The van der Waals surface area contributed by atoms with Crippen molar-refractivity contribution in [3.63, 3.8) is 0 Å². The normalized spacial score (nSPS) is 26.4. The molecule has 0 aromatic heterocycles. The van der Waals surface area contributed by atoms with E-state index in [4.69, 9.17) is 9.47 Å². The number of fused-ring (bicyclic) bond motifs is 3. The van der Waals surface area contributed by atoms with Crippen molar-refractivity contribution in [2.75, 3.05) is 7.11 Å². The first kappa shape index (κ1) is 21.8. The number of Topliss-reactive ketones (excluding diaryl/α,β-unsaturated/α-hetero) is 1. The average molecular weight is 485 g/mol. The Hall–Kier alpha value is -2.47. The third-order valence-electron chi connectivity index (χ3n) is 6.84. The quantitative estimate of drug-likeness (QED) is 0.258. The van der Waals surface area contributed by atoms with Crippen molar-refractivity contribution in [3.8, 4) is 5.75 Å². The van der Waals surface area contributed by atoms with Crippen LogP contribution in [0.1, 0.15) is 61.5 Å². The van der Waals surface area contributed by atoms with E-state index in [0.29, 0.717) is 23.3 Å². The van der Waals surface area contributed by atoms with Crippen molar-refractivity contribution < 1.29 is 23.9 Å². The Morgan fingerprint density at radius 1 is 1.13 bits per heavy atom. The lowest BCUT2D eigenvalue weighted by molar-refractivity contribution is -0.160. The summed E-state index contributed by atoms with van der Waals surface area (Å²) >= 11 is 3.45. The fourth-order valence-corrected chi connectivity index (χ4v) is 5.61. The number of hydrogen-bond donors (Lipinski definition) is 0. The van der Waals surface area contributed by atoms with Gasteiger partial charge in [-0.2, -0.15) is 0 Å². The average Bonchev–Trinajstić information content (AvgIpc) is 3.39. The zero-order chi connectivity index (χ0) is 22.8. The summed E-state index contributed by atoms with van der Waals surface area (Å²) in [7, 11) is 1.24. The zero-order valence-corrected chi connectivity index (χ0v) is 19.8. The van der Waals surface area contributed by atoms with Crippen LogP contribution in [0.15, 0.2) is 46.9 Å². The Kier molecular flexibility index (Phi) is 4.93. The van der Waals surface area contributed by atoms with Gasteiger partial charge < -0.3 is 9.47 Å². The van der Waals surface area contributed by atoms with Crippen LogP contribution in [0.3, 0.4) is 0 Å². The van der Waals surface area contributed by atoms with Gasteiger partial charge in [-0.05, 0) is 35.6 Å². The molecule has 2 aromatic rings. The van der Waals surface area contributed by atoms with Crippen molar-refractivity contribution in [2.24, 2.45) is 10.8 Å². The smallest absolute Gasteiger partial charge is 0.330 e. The molecule has 5 nitrogen and oxygen atoms in total. The molecule has 4 rings (SSSR count). The van der Waals surface area contributed by atoms with E-state index < -0.39 is 28.7 Å². The van der Waals surface area contributed by atoms with Gasteiger partial charge in [0.15, 0.2) is 11.2 Å². The molecular weight excluding hydrogens is 460 g/mol. The third kappa shape index (κ3) is 2.77. The Labute approximate surface area is 190 Å². The molecule has 1 aliphatic heterocycles. The second-order valence-corrected chi connectivity index (χ2v) is 10.2. The molecule has 6 heteroatoms. The number of methoxy groups -OCH3 is 1. The predicted octanol–water partition coefficient (Wildman–Crippen LogP) is 5.20. The molecule has 0 saturated heterocycles. The molecule has 0 bridgehead atoms. The number of ketones is 1. The van der Waals surface area contributed by atoms with Crippen molar-refractivity contribution in [1.82, 2.24) is 0 Å². The molecule has 1 aliphatic carbocycles. The van der Waals surface area contributed by atoms with E-state index in [1.165, 1.54) is 7.11 Å². The second-order valence-electron chi connectivity index (χ2n) is 9.29. The standard InChI is InChI=1S/C25H25BrO5/c1-6-24(20(27)14-7-9-15(10-8-14)23(2,3)4)19-17-13-16(26)11-12-18(17)31-22(29)25(19,24)21(28)30-5/h7-13,19H,6H2,1-5H3. The van der Waals surface area contributed by atoms with E-state index in [1.54, 1.807) is 24.3 Å². The number of benzene rings is 2. The van der Waals surface area contributed by atoms with Gasteiger partial charge in [-0.1, -0.05) is 67.9 Å². The molecule has 162 valence electrons. The van der Waals surface area contributed by atoms with Crippen LogP contribution in [-0.4, -0.2) is 24.8 Å². The van der Waals surface area contributed by atoms with Gasteiger partial charge in [-0.15, -0.1) is 0 Å². The van der Waals surface area contributed by atoms with E-state index >= 15 is 0 Å². The summed E-state index contributed by atoms with van der Waals surface area (Å²) < 4.78 is 11.4. The van der Waals surface area contributed by atoms with E-state index in [-0.39, 0.29) is 11.2 Å². The summed E-state index contributed by atoms with van der Waals surface area (Å²) in [6.45, 7) is 8.13. The Morgan fingerprint density at radius 2 is 1.77 bits per heavy atom. The van der Waals surface area contributed by atoms with Crippen LogP contribution in [0.5, 0.6) is 5.75 Å². The molecule has 1 saturated carbocycles. The van der Waals surface area contributed by atoms with Gasteiger partial charge in [0.25, 0.3) is 0 Å². The summed E-state index contributed by atoms with van der Waals surface area (Å²) in [6.07, 6.45) is 0.299. The molecule has 1 fully saturated rings. The van der Waals surface area contributed by atoms with E-state index in [0.717, 1.165) is 10.0 Å². The number of carbonyl (C=O) groups excluding carboxylic acids is 3. The maximum atomic E-state index is 13.9. The van der Waals surface area contributed by atoms with Crippen LogP contribution < -0.4 is 4.74 Å². The minimum atomic E-state index is -1.68. The lowest BCUT2D eigenvalue weighted by Gasteiger charge is -2.22. The Bertz CT molecular complexity index is 1100. The molecule has 3 unspecified atom stereocenters. The Balaban J connectivity index is 1.89. The lowest BCUT2D eigenvalue weighted by atomic mass is 9.81. The Morgan fingerprint density at radius 3 is 2.32 bits per heavy atom. The second kappa shape index (κ2) is 7.02. The van der Waals surface area contributed by atoms with Crippen molar-refractivity contribution in [1.29, 1.82) is 0 Å².